The van der Waals surface area contributed by atoms with Gasteiger partial charge in [-0.05, 0) is 42.5 Å². The summed E-state index contributed by atoms with van der Waals surface area (Å²) in [6.07, 6.45) is -3.13. The molecule has 1 saturated heterocycles. The van der Waals surface area contributed by atoms with Crippen molar-refractivity contribution in [3.8, 4) is 6.07 Å². The number of carbonyl (C=O) groups excluding carboxylic acids is 1. The average Bonchev–Trinajstić information content (AvgIpc) is 3.16. The van der Waals surface area contributed by atoms with Crippen LogP contribution in [-0.4, -0.2) is 25.0 Å². The normalized spacial score (nSPS) is 15.5. The lowest BCUT2D eigenvalue weighted by Gasteiger charge is -2.34. The summed E-state index contributed by atoms with van der Waals surface area (Å²) >= 11 is 1.45. The van der Waals surface area contributed by atoms with Gasteiger partial charge in [-0.25, -0.2) is 0 Å². The van der Waals surface area contributed by atoms with E-state index in [1.165, 1.54) is 17.4 Å². The van der Waals surface area contributed by atoms with E-state index in [-0.39, 0.29) is 17.5 Å². The second-order valence-electron chi connectivity index (χ2n) is 6.09. The number of nitriles is 1. The van der Waals surface area contributed by atoms with Crippen molar-refractivity contribution in [2.75, 3.05) is 18.0 Å². The first-order chi connectivity index (χ1) is 12.4. The number of amides is 1. The van der Waals surface area contributed by atoms with Gasteiger partial charge in [0, 0.05) is 30.1 Å². The molecule has 8 heteroatoms. The number of benzene rings is 1. The Morgan fingerprint density at radius 2 is 2.00 bits per heavy atom. The van der Waals surface area contributed by atoms with Crippen molar-refractivity contribution in [3.63, 3.8) is 0 Å². The van der Waals surface area contributed by atoms with Crippen LogP contribution in [0.2, 0.25) is 0 Å². The Morgan fingerprint density at radius 3 is 2.58 bits per heavy atom. The summed E-state index contributed by atoms with van der Waals surface area (Å²) in [5.41, 5.74) is 0.325. The SMILES string of the molecule is N#Cc1cc(C(F)(F)F)ccc1N1CCC(NC(=O)c2ccsc2)CC1. The van der Waals surface area contributed by atoms with Crippen LogP contribution in [-0.2, 0) is 6.18 Å². The molecule has 3 rings (SSSR count). The Morgan fingerprint density at radius 1 is 1.27 bits per heavy atom. The monoisotopic (exact) mass is 379 g/mol. The van der Waals surface area contributed by atoms with Gasteiger partial charge in [0.2, 0.25) is 0 Å². The maximum absolute atomic E-state index is 12.8. The predicted octanol–water partition coefficient (Wildman–Crippen LogP) is 4.04. The third-order valence-electron chi connectivity index (χ3n) is 4.40. The number of hydrogen-bond donors (Lipinski definition) is 1. The molecule has 0 radical (unpaired) electrons. The molecule has 1 aromatic carbocycles. The molecular weight excluding hydrogens is 363 g/mol. The lowest BCUT2D eigenvalue weighted by atomic mass is 10.0. The van der Waals surface area contributed by atoms with Gasteiger partial charge in [0.15, 0.2) is 0 Å². The van der Waals surface area contributed by atoms with Gasteiger partial charge < -0.3 is 10.2 Å². The van der Waals surface area contributed by atoms with Crippen LogP contribution in [0.5, 0.6) is 0 Å². The zero-order valence-electron chi connectivity index (χ0n) is 13.7. The molecule has 4 nitrogen and oxygen atoms in total. The molecule has 0 spiro atoms. The van der Waals surface area contributed by atoms with Gasteiger partial charge in [0.25, 0.3) is 5.91 Å². The fourth-order valence-electron chi connectivity index (χ4n) is 3.00. The third kappa shape index (κ3) is 3.99. The fourth-order valence-corrected chi connectivity index (χ4v) is 3.64. The van der Waals surface area contributed by atoms with Gasteiger partial charge >= 0.3 is 6.18 Å². The molecule has 1 aromatic heterocycles. The Bertz CT molecular complexity index is 819. The van der Waals surface area contributed by atoms with E-state index in [1.807, 2.05) is 16.3 Å². The second kappa shape index (κ2) is 7.38. The van der Waals surface area contributed by atoms with E-state index in [0.29, 0.717) is 37.2 Å². The summed E-state index contributed by atoms with van der Waals surface area (Å²) in [6, 6.07) is 6.87. The molecule has 0 atom stereocenters. The number of alkyl halides is 3. The number of halogens is 3. The second-order valence-corrected chi connectivity index (χ2v) is 6.87. The summed E-state index contributed by atoms with van der Waals surface area (Å²) in [4.78, 5) is 14.0. The summed E-state index contributed by atoms with van der Waals surface area (Å²) in [5, 5.41) is 15.8. The number of nitrogens with one attached hydrogen (secondary N) is 1. The third-order valence-corrected chi connectivity index (χ3v) is 5.08. The molecule has 1 N–H and O–H groups in total. The van der Waals surface area contributed by atoms with E-state index >= 15 is 0 Å². The summed E-state index contributed by atoms with van der Waals surface area (Å²) in [6.45, 7) is 1.13. The Hall–Kier alpha value is -2.53. The van der Waals surface area contributed by atoms with E-state index in [9.17, 15) is 23.2 Å². The molecule has 0 aliphatic carbocycles. The molecule has 1 fully saturated rings. The standard InChI is InChI=1S/C18H16F3N3OS/c19-18(20,21)14-1-2-16(13(9-14)10-22)24-6-3-15(4-7-24)23-17(25)12-5-8-26-11-12/h1-2,5,8-9,11,15H,3-4,6-7H2,(H,23,25). The molecule has 0 unspecified atom stereocenters. The lowest BCUT2D eigenvalue weighted by Crippen LogP contribution is -2.44. The molecule has 2 heterocycles. The predicted molar refractivity (Wildman–Crippen MR) is 93.2 cm³/mol. The van der Waals surface area contributed by atoms with E-state index in [2.05, 4.69) is 5.32 Å². The van der Waals surface area contributed by atoms with Gasteiger partial charge in [-0.15, -0.1) is 0 Å². The van der Waals surface area contributed by atoms with Crippen molar-refractivity contribution in [1.29, 1.82) is 5.26 Å². The van der Waals surface area contributed by atoms with Gasteiger partial charge in [-0.2, -0.15) is 29.8 Å². The van der Waals surface area contributed by atoms with E-state index in [4.69, 9.17) is 0 Å². The minimum absolute atomic E-state index is 0.0126. The van der Waals surface area contributed by atoms with Gasteiger partial charge in [0.05, 0.1) is 16.8 Å². The molecule has 1 aliphatic rings. The maximum Gasteiger partial charge on any atom is 0.416 e. The molecule has 1 amide bonds. The minimum atomic E-state index is -4.47. The van der Waals surface area contributed by atoms with Crippen LogP contribution < -0.4 is 10.2 Å². The summed E-state index contributed by atoms with van der Waals surface area (Å²) < 4.78 is 38.4. The van der Waals surface area contributed by atoms with Gasteiger partial charge in [-0.3, -0.25) is 4.79 Å². The van der Waals surface area contributed by atoms with Crippen molar-refractivity contribution >= 4 is 22.9 Å². The summed E-state index contributed by atoms with van der Waals surface area (Å²) in [7, 11) is 0. The van der Waals surface area contributed by atoms with Crippen LogP contribution in [0.1, 0.15) is 34.3 Å². The highest BCUT2D eigenvalue weighted by Gasteiger charge is 2.32. The van der Waals surface area contributed by atoms with Crippen LogP contribution in [0, 0.1) is 11.3 Å². The molecule has 136 valence electrons. The number of anilines is 1. The van der Waals surface area contributed by atoms with Crippen molar-refractivity contribution < 1.29 is 18.0 Å². The fraction of sp³-hybridized carbons (Fsp3) is 0.333. The largest absolute Gasteiger partial charge is 0.416 e. The van der Waals surface area contributed by atoms with Gasteiger partial charge in [-0.1, -0.05) is 0 Å². The number of nitrogens with zero attached hydrogens (tertiary/aromatic N) is 2. The zero-order chi connectivity index (χ0) is 18.7. The van der Waals surface area contributed by atoms with Crippen molar-refractivity contribution in [1.82, 2.24) is 5.32 Å². The van der Waals surface area contributed by atoms with Crippen LogP contribution in [0.15, 0.2) is 35.0 Å². The van der Waals surface area contributed by atoms with Crippen molar-refractivity contribution in [2.24, 2.45) is 0 Å². The lowest BCUT2D eigenvalue weighted by molar-refractivity contribution is -0.137. The Kier molecular flexibility index (Phi) is 5.18. The zero-order valence-corrected chi connectivity index (χ0v) is 14.5. The smallest absolute Gasteiger partial charge is 0.370 e. The van der Waals surface area contributed by atoms with Crippen molar-refractivity contribution in [2.45, 2.75) is 25.1 Å². The Labute approximate surface area is 152 Å². The first-order valence-corrected chi connectivity index (χ1v) is 9.02. The van der Waals surface area contributed by atoms with Gasteiger partial charge in [0.1, 0.15) is 6.07 Å². The number of thiophene rings is 1. The Balaban J connectivity index is 1.65. The number of rotatable bonds is 3. The number of hydrogen-bond acceptors (Lipinski definition) is 4. The van der Waals surface area contributed by atoms with E-state index in [1.54, 1.807) is 11.4 Å². The minimum Gasteiger partial charge on any atom is -0.370 e. The highest BCUT2D eigenvalue weighted by molar-refractivity contribution is 7.08. The van der Waals surface area contributed by atoms with Crippen LogP contribution >= 0.6 is 11.3 Å². The quantitative estimate of drug-likeness (QED) is 0.876. The average molecular weight is 379 g/mol. The number of piperidine rings is 1. The highest BCUT2D eigenvalue weighted by atomic mass is 32.1. The van der Waals surface area contributed by atoms with Crippen molar-refractivity contribution in [3.05, 3.63) is 51.7 Å². The highest BCUT2D eigenvalue weighted by Crippen LogP contribution is 2.33. The van der Waals surface area contributed by atoms with E-state index < -0.39 is 11.7 Å². The number of carbonyl (C=O) groups is 1. The van der Waals surface area contributed by atoms with Crippen LogP contribution in [0.25, 0.3) is 0 Å². The first-order valence-electron chi connectivity index (χ1n) is 8.08. The van der Waals surface area contributed by atoms with Crippen LogP contribution in [0.3, 0.4) is 0 Å². The summed E-state index contributed by atoms with van der Waals surface area (Å²) in [5.74, 6) is -0.114. The molecular formula is C18H16F3N3OS. The first kappa shape index (κ1) is 18.3. The molecule has 2 aromatic rings. The van der Waals surface area contributed by atoms with E-state index in [0.717, 1.165) is 12.1 Å². The molecule has 0 bridgehead atoms. The molecule has 0 saturated carbocycles. The maximum atomic E-state index is 12.8. The topological polar surface area (TPSA) is 56.1 Å². The molecule has 26 heavy (non-hydrogen) atoms. The van der Waals surface area contributed by atoms with Crippen LogP contribution in [0.4, 0.5) is 18.9 Å². The molecule has 1 aliphatic heterocycles.